The van der Waals surface area contributed by atoms with Gasteiger partial charge < -0.3 is 0 Å². The Morgan fingerprint density at radius 3 is 3.00 bits per heavy atom. The largest absolute Gasteiger partial charge is 0.298 e. The highest BCUT2D eigenvalue weighted by molar-refractivity contribution is 5.84. The number of benzene rings is 1. The predicted molar refractivity (Wildman–Crippen MR) is 43.9 cm³/mol. The van der Waals surface area contributed by atoms with Gasteiger partial charge in [-0.3, -0.25) is 4.79 Å². The number of carbonyl (C=O) groups excluding carboxylic acids is 1. The van der Waals surface area contributed by atoms with E-state index in [1.807, 2.05) is 0 Å². The van der Waals surface area contributed by atoms with Crippen molar-refractivity contribution in [2.45, 2.75) is 0 Å². The third-order valence-electron chi connectivity index (χ3n) is 1.81. The second kappa shape index (κ2) is 2.62. The Hall–Kier alpha value is -1.78. The lowest BCUT2D eigenvalue weighted by Gasteiger charge is -1.95. The topological polar surface area (TPSA) is 47.8 Å². The Labute approximate surface area is 73.0 Å². The van der Waals surface area contributed by atoms with Crippen LogP contribution in [-0.4, -0.2) is 21.3 Å². The molecule has 0 saturated carbocycles. The normalized spacial score (nSPS) is 10.6. The van der Waals surface area contributed by atoms with Crippen LogP contribution in [0.25, 0.3) is 11.0 Å². The molecule has 0 spiro atoms. The van der Waals surface area contributed by atoms with E-state index in [4.69, 9.17) is 0 Å². The van der Waals surface area contributed by atoms with Crippen LogP contribution >= 0.6 is 0 Å². The molecule has 0 radical (unpaired) electrons. The number of rotatable bonds is 1. The number of halogens is 1. The number of aromatic nitrogens is 3. The summed E-state index contributed by atoms with van der Waals surface area (Å²) in [6.45, 7) is 0. The number of carbonyl (C=O) groups is 1. The molecule has 0 unspecified atom stereocenters. The Balaban J connectivity index is 2.86. The van der Waals surface area contributed by atoms with Crippen molar-refractivity contribution < 1.29 is 9.18 Å². The highest BCUT2D eigenvalue weighted by Gasteiger charge is 2.08. The van der Waals surface area contributed by atoms with Crippen molar-refractivity contribution in [3.05, 3.63) is 23.5 Å². The first-order valence-corrected chi connectivity index (χ1v) is 3.66. The van der Waals surface area contributed by atoms with Gasteiger partial charge in [0.2, 0.25) is 0 Å². The standard InChI is InChI=1S/C8H6FN3O/c1-12-8-6(9)2-5(4-13)3-7(8)10-11-12/h2-4H,1H3. The van der Waals surface area contributed by atoms with Crippen molar-refractivity contribution in [3.63, 3.8) is 0 Å². The maximum atomic E-state index is 13.3. The fourth-order valence-corrected chi connectivity index (χ4v) is 1.23. The molecule has 0 aliphatic carbocycles. The van der Waals surface area contributed by atoms with Gasteiger partial charge in [-0.15, -0.1) is 5.10 Å². The van der Waals surface area contributed by atoms with Gasteiger partial charge in [-0.1, -0.05) is 5.21 Å². The van der Waals surface area contributed by atoms with Gasteiger partial charge in [0.15, 0.2) is 5.82 Å². The van der Waals surface area contributed by atoms with E-state index >= 15 is 0 Å². The number of aldehydes is 1. The SMILES string of the molecule is Cn1nnc2cc(C=O)cc(F)c21. The van der Waals surface area contributed by atoms with E-state index in [9.17, 15) is 9.18 Å². The second-order valence-electron chi connectivity index (χ2n) is 2.70. The fraction of sp³-hybridized carbons (Fsp3) is 0.125. The number of nitrogens with zero attached hydrogens (tertiary/aromatic N) is 3. The van der Waals surface area contributed by atoms with Crippen LogP contribution in [0.3, 0.4) is 0 Å². The minimum Gasteiger partial charge on any atom is -0.298 e. The van der Waals surface area contributed by atoms with Gasteiger partial charge in [0.25, 0.3) is 0 Å². The summed E-state index contributed by atoms with van der Waals surface area (Å²) in [5.74, 6) is -0.480. The molecule has 0 bridgehead atoms. The van der Waals surface area contributed by atoms with E-state index in [1.54, 1.807) is 7.05 Å². The van der Waals surface area contributed by atoms with Gasteiger partial charge in [-0.2, -0.15) is 0 Å². The maximum Gasteiger partial charge on any atom is 0.151 e. The third kappa shape index (κ3) is 1.09. The second-order valence-corrected chi connectivity index (χ2v) is 2.70. The van der Waals surface area contributed by atoms with Crippen LogP contribution in [-0.2, 0) is 7.05 Å². The Kier molecular flexibility index (Phi) is 1.58. The predicted octanol–water partition coefficient (Wildman–Crippen LogP) is 0.920. The monoisotopic (exact) mass is 179 g/mol. The minimum absolute atomic E-state index is 0.269. The molecule has 13 heavy (non-hydrogen) atoms. The summed E-state index contributed by atoms with van der Waals surface area (Å²) in [6.07, 6.45) is 0.581. The van der Waals surface area contributed by atoms with Crippen molar-refractivity contribution in [2.24, 2.45) is 7.05 Å². The van der Waals surface area contributed by atoms with Gasteiger partial charge in [-0.25, -0.2) is 9.07 Å². The quantitative estimate of drug-likeness (QED) is 0.611. The van der Waals surface area contributed by atoms with Crippen LogP contribution < -0.4 is 0 Å². The summed E-state index contributed by atoms with van der Waals surface area (Å²) in [6, 6.07) is 2.66. The molecule has 0 amide bonds. The molecular weight excluding hydrogens is 173 g/mol. The van der Waals surface area contributed by atoms with Crippen molar-refractivity contribution in [1.82, 2.24) is 15.0 Å². The van der Waals surface area contributed by atoms with Crippen molar-refractivity contribution in [1.29, 1.82) is 0 Å². The zero-order valence-corrected chi connectivity index (χ0v) is 6.86. The Bertz CT molecular complexity index is 477. The first kappa shape index (κ1) is 7.85. The molecule has 0 N–H and O–H groups in total. The first-order chi connectivity index (χ1) is 6.22. The van der Waals surface area contributed by atoms with E-state index in [2.05, 4.69) is 10.3 Å². The highest BCUT2D eigenvalue weighted by atomic mass is 19.1. The highest BCUT2D eigenvalue weighted by Crippen LogP contribution is 2.15. The molecule has 5 heteroatoms. The summed E-state index contributed by atoms with van der Waals surface area (Å²) < 4.78 is 14.6. The lowest BCUT2D eigenvalue weighted by Crippen LogP contribution is -1.93. The lowest BCUT2D eigenvalue weighted by atomic mass is 10.2. The summed E-state index contributed by atoms with van der Waals surface area (Å²) in [4.78, 5) is 10.4. The summed E-state index contributed by atoms with van der Waals surface area (Å²) in [5.41, 5.74) is 0.973. The molecule has 0 saturated heterocycles. The van der Waals surface area contributed by atoms with E-state index in [-0.39, 0.29) is 5.56 Å². The molecule has 0 atom stereocenters. The van der Waals surface area contributed by atoms with E-state index in [1.165, 1.54) is 16.8 Å². The number of hydrogen-bond acceptors (Lipinski definition) is 3. The van der Waals surface area contributed by atoms with Gasteiger partial charge in [0, 0.05) is 12.6 Å². The van der Waals surface area contributed by atoms with Gasteiger partial charge in [0.1, 0.15) is 17.3 Å². The van der Waals surface area contributed by atoms with Gasteiger partial charge >= 0.3 is 0 Å². The number of fused-ring (bicyclic) bond motifs is 1. The third-order valence-corrected chi connectivity index (χ3v) is 1.81. The van der Waals surface area contributed by atoms with Crippen molar-refractivity contribution in [3.8, 4) is 0 Å². The average molecular weight is 179 g/mol. The summed E-state index contributed by atoms with van der Waals surface area (Å²) >= 11 is 0. The average Bonchev–Trinajstić information content (AvgIpc) is 2.48. The molecule has 4 nitrogen and oxygen atoms in total. The van der Waals surface area contributed by atoms with Crippen molar-refractivity contribution >= 4 is 17.3 Å². The molecule has 1 aromatic heterocycles. The van der Waals surface area contributed by atoms with Crippen LogP contribution in [0.5, 0.6) is 0 Å². The first-order valence-electron chi connectivity index (χ1n) is 3.66. The molecule has 0 aliphatic rings. The van der Waals surface area contributed by atoms with E-state index < -0.39 is 5.82 Å². The zero-order chi connectivity index (χ0) is 9.42. The maximum absolute atomic E-state index is 13.3. The fourth-order valence-electron chi connectivity index (χ4n) is 1.23. The lowest BCUT2D eigenvalue weighted by molar-refractivity contribution is 0.112. The van der Waals surface area contributed by atoms with Crippen LogP contribution in [0.2, 0.25) is 0 Å². The van der Waals surface area contributed by atoms with Crippen LogP contribution in [0.4, 0.5) is 4.39 Å². The molecule has 1 heterocycles. The summed E-state index contributed by atoms with van der Waals surface area (Å²) in [7, 11) is 1.60. The smallest absolute Gasteiger partial charge is 0.151 e. The molecule has 2 rings (SSSR count). The number of hydrogen-bond donors (Lipinski definition) is 0. The molecule has 0 fully saturated rings. The molecule has 1 aromatic carbocycles. The van der Waals surface area contributed by atoms with Crippen LogP contribution in [0.15, 0.2) is 12.1 Å². The van der Waals surface area contributed by atoms with E-state index in [0.29, 0.717) is 17.3 Å². The van der Waals surface area contributed by atoms with Gasteiger partial charge in [-0.05, 0) is 12.1 Å². The van der Waals surface area contributed by atoms with Crippen LogP contribution in [0.1, 0.15) is 10.4 Å². The Morgan fingerprint density at radius 2 is 2.31 bits per heavy atom. The van der Waals surface area contributed by atoms with Crippen LogP contribution in [0, 0.1) is 5.82 Å². The summed E-state index contributed by atoms with van der Waals surface area (Å²) in [5, 5.41) is 7.34. The van der Waals surface area contributed by atoms with Crippen molar-refractivity contribution in [2.75, 3.05) is 0 Å². The number of aryl methyl sites for hydroxylation is 1. The Morgan fingerprint density at radius 1 is 1.54 bits per heavy atom. The van der Waals surface area contributed by atoms with Gasteiger partial charge in [0.05, 0.1) is 0 Å². The molecule has 66 valence electrons. The zero-order valence-electron chi connectivity index (χ0n) is 6.86. The van der Waals surface area contributed by atoms with E-state index in [0.717, 1.165) is 0 Å². The molecule has 2 aromatic rings. The minimum atomic E-state index is -0.480. The molecular formula is C8H6FN3O. The molecule has 0 aliphatic heterocycles.